The van der Waals surface area contributed by atoms with E-state index in [1.807, 2.05) is 6.20 Å². The smallest absolute Gasteiger partial charge is 0.147 e. The number of hydrogen-bond donors (Lipinski definition) is 1. The number of piperidine rings is 1. The van der Waals surface area contributed by atoms with Gasteiger partial charge in [0.25, 0.3) is 0 Å². The summed E-state index contributed by atoms with van der Waals surface area (Å²) in [4.78, 5) is 0. The van der Waals surface area contributed by atoms with Gasteiger partial charge in [0.2, 0.25) is 0 Å². The molecule has 0 unspecified atom stereocenters. The highest BCUT2D eigenvalue weighted by Crippen LogP contribution is 2.33. The van der Waals surface area contributed by atoms with Crippen LogP contribution in [0.1, 0.15) is 30.1 Å². The summed E-state index contributed by atoms with van der Waals surface area (Å²) in [5.74, 6) is 1.56. The van der Waals surface area contributed by atoms with E-state index in [4.69, 9.17) is 4.52 Å². The molecule has 0 aliphatic carbocycles. The molecule has 3 heteroatoms. The predicted molar refractivity (Wildman–Crippen MR) is 71.5 cm³/mol. The van der Waals surface area contributed by atoms with Crippen molar-refractivity contribution >= 4 is 0 Å². The fourth-order valence-corrected chi connectivity index (χ4v) is 2.58. The molecule has 1 aromatic carbocycles. The van der Waals surface area contributed by atoms with Crippen LogP contribution >= 0.6 is 0 Å². The van der Waals surface area contributed by atoms with Gasteiger partial charge in [-0.25, -0.2) is 0 Å². The van der Waals surface area contributed by atoms with E-state index < -0.39 is 0 Å². The van der Waals surface area contributed by atoms with E-state index in [-0.39, 0.29) is 0 Å². The van der Waals surface area contributed by atoms with Crippen LogP contribution < -0.4 is 5.32 Å². The van der Waals surface area contributed by atoms with Crippen molar-refractivity contribution in [2.45, 2.75) is 25.7 Å². The van der Waals surface area contributed by atoms with E-state index in [2.05, 4.69) is 41.7 Å². The molecule has 0 bridgehead atoms. The lowest BCUT2D eigenvalue weighted by molar-refractivity contribution is 0.328. The minimum absolute atomic E-state index is 0.505. The first kappa shape index (κ1) is 11.5. The van der Waals surface area contributed by atoms with Gasteiger partial charge in [0.15, 0.2) is 0 Å². The van der Waals surface area contributed by atoms with Gasteiger partial charge in [0.05, 0.1) is 6.20 Å². The Kier molecular flexibility index (Phi) is 3.15. The van der Waals surface area contributed by atoms with Crippen molar-refractivity contribution in [3.8, 4) is 11.1 Å². The van der Waals surface area contributed by atoms with Crippen LogP contribution in [0.3, 0.4) is 0 Å². The summed E-state index contributed by atoms with van der Waals surface area (Å²) in [6.45, 7) is 4.24. The Bertz CT molecular complexity index is 510. The Hall–Kier alpha value is -1.61. The molecule has 1 aliphatic heterocycles. The first-order chi connectivity index (χ1) is 8.84. The van der Waals surface area contributed by atoms with Crippen molar-refractivity contribution in [3.63, 3.8) is 0 Å². The summed E-state index contributed by atoms with van der Waals surface area (Å²) in [5, 5.41) is 7.38. The fourth-order valence-electron chi connectivity index (χ4n) is 2.58. The molecule has 0 atom stereocenters. The third-order valence-electron chi connectivity index (χ3n) is 3.67. The molecule has 0 saturated carbocycles. The Morgan fingerprint density at radius 2 is 1.89 bits per heavy atom. The minimum Gasteiger partial charge on any atom is -0.360 e. The van der Waals surface area contributed by atoms with Gasteiger partial charge in [-0.2, -0.15) is 0 Å². The maximum Gasteiger partial charge on any atom is 0.147 e. The van der Waals surface area contributed by atoms with Gasteiger partial charge in [-0.05, 0) is 38.4 Å². The van der Waals surface area contributed by atoms with E-state index in [0.29, 0.717) is 5.92 Å². The normalized spacial score (nSPS) is 16.9. The van der Waals surface area contributed by atoms with Crippen molar-refractivity contribution in [2.24, 2.45) is 0 Å². The lowest BCUT2D eigenvalue weighted by atomic mass is 9.91. The number of aryl methyl sites for hydroxylation is 1. The van der Waals surface area contributed by atoms with Crippen molar-refractivity contribution in [2.75, 3.05) is 13.1 Å². The molecular weight excluding hydrogens is 224 g/mol. The molecule has 0 amide bonds. The van der Waals surface area contributed by atoms with Crippen LogP contribution in [0, 0.1) is 6.92 Å². The number of nitrogens with zero attached hydrogens (tertiary/aromatic N) is 1. The molecule has 1 aliphatic rings. The Labute approximate surface area is 107 Å². The van der Waals surface area contributed by atoms with Gasteiger partial charge >= 0.3 is 0 Å². The van der Waals surface area contributed by atoms with Crippen LogP contribution in [0.4, 0.5) is 0 Å². The van der Waals surface area contributed by atoms with E-state index in [1.165, 1.54) is 11.1 Å². The highest BCUT2D eigenvalue weighted by molar-refractivity contribution is 5.65. The lowest BCUT2D eigenvalue weighted by Crippen LogP contribution is -2.26. The summed E-state index contributed by atoms with van der Waals surface area (Å²) in [7, 11) is 0. The van der Waals surface area contributed by atoms with Crippen molar-refractivity contribution in [1.29, 1.82) is 0 Å². The van der Waals surface area contributed by atoms with Gasteiger partial charge in [-0.15, -0.1) is 0 Å². The number of aromatic nitrogens is 1. The molecular formula is C15H18N2O. The molecule has 2 aromatic rings. The molecule has 1 aromatic heterocycles. The average molecular weight is 242 g/mol. The summed E-state index contributed by atoms with van der Waals surface area (Å²) >= 11 is 0. The maximum absolute atomic E-state index is 5.51. The van der Waals surface area contributed by atoms with E-state index in [1.54, 1.807) is 0 Å². The van der Waals surface area contributed by atoms with E-state index in [9.17, 15) is 0 Å². The Morgan fingerprint density at radius 3 is 2.61 bits per heavy atom. The van der Waals surface area contributed by atoms with Gasteiger partial charge in [0.1, 0.15) is 5.76 Å². The van der Waals surface area contributed by atoms with Crippen LogP contribution in [0.25, 0.3) is 11.1 Å². The van der Waals surface area contributed by atoms with Crippen LogP contribution in [0.2, 0.25) is 0 Å². The topological polar surface area (TPSA) is 38.1 Å². The standard InChI is InChI=1S/C15H18N2O/c1-11-2-4-12(5-3-11)14-10-17-18-15(14)13-6-8-16-9-7-13/h2-5,10,13,16H,6-9H2,1H3. The van der Waals surface area contributed by atoms with Crippen LogP contribution in [0.15, 0.2) is 35.0 Å². The first-order valence-corrected chi connectivity index (χ1v) is 6.57. The van der Waals surface area contributed by atoms with E-state index >= 15 is 0 Å². The highest BCUT2D eigenvalue weighted by atomic mass is 16.5. The quantitative estimate of drug-likeness (QED) is 0.879. The molecule has 1 fully saturated rings. The zero-order valence-electron chi connectivity index (χ0n) is 10.6. The average Bonchev–Trinajstić information content (AvgIpc) is 2.90. The summed E-state index contributed by atoms with van der Waals surface area (Å²) in [6, 6.07) is 8.56. The zero-order chi connectivity index (χ0) is 12.4. The number of hydrogen-bond acceptors (Lipinski definition) is 3. The molecule has 18 heavy (non-hydrogen) atoms. The van der Waals surface area contributed by atoms with Crippen molar-refractivity contribution in [1.82, 2.24) is 10.5 Å². The molecule has 94 valence electrons. The second-order valence-corrected chi connectivity index (χ2v) is 4.99. The SMILES string of the molecule is Cc1ccc(-c2cnoc2C2CCNCC2)cc1. The van der Waals surface area contributed by atoms with Crippen LogP contribution in [-0.4, -0.2) is 18.2 Å². The second-order valence-electron chi connectivity index (χ2n) is 4.99. The maximum atomic E-state index is 5.51. The third kappa shape index (κ3) is 2.18. The molecule has 1 N–H and O–H groups in total. The minimum atomic E-state index is 0.505. The van der Waals surface area contributed by atoms with Crippen molar-refractivity contribution < 1.29 is 4.52 Å². The van der Waals surface area contributed by atoms with Gasteiger partial charge < -0.3 is 9.84 Å². The Morgan fingerprint density at radius 1 is 1.17 bits per heavy atom. The van der Waals surface area contributed by atoms with E-state index in [0.717, 1.165) is 37.3 Å². The summed E-state index contributed by atoms with van der Waals surface area (Å²) in [5.41, 5.74) is 3.64. The third-order valence-corrected chi connectivity index (χ3v) is 3.67. The highest BCUT2D eigenvalue weighted by Gasteiger charge is 2.22. The molecule has 0 radical (unpaired) electrons. The summed E-state index contributed by atoms with van der Waals surface area (Å²) in [6.07, 6.45) is 4.12. The molecule has 3 rings (SSSR count). The number of benzene rings is 1. The van der Waals surface area contributed by atoms with Gasteiger partial charge in [-0.1, -0.05) is 35.0 Å². The Balaban J connectivity index is 1.93. The molecule has 1 saturated heterocycles. The van der Waals surface area contributed by atoms with Crippen LogP contribution in [-0.2, 0) is 0 Å². The first-order valence-electron chi connectivity index (χ1n) is 6.57. The molecule has 0 spiro atoms. The monoisotopic (exact) mass is 242 g/mol. The fraction of sp³-hybridized carbons (Fsp3) is 0.400. The molecule has 2 heterocycles. The zero-order valence-corrected chi connectivity index (χ0v) is 10.6. The van der Waals surface area contributed by atoms with Crippen LogP contribution in [0.5, 0.6) is 0 Å². The number of rotatable bonds is 2. The van der Waals surface area contributed by atoms with Gasteiger partial charge in [-0.3, -0.25) is 0 Å². The predicted octanol–water partition coefficient (Wildman–Crippen LogP) is 3.12. The van der Waals surface area contributed by atoms with Gasteiger partial charge in [0, 0.05) is 11.5 Å². The second kappa shape index (κ2) is 4.94. The number of nitrogens with one attached hydrogen (secondary N) is 1. The lowest BCUT2D eigenvalue weighted by Gasteiger charge is -2.21. The van der Waals surface area contributed by atoms with Crippen molar-refractivity contribution in [3.05, 3.63) is 41.8 Å². The summed E-state index contributed by atoms with van der Waals surface area (Å²) < 4.78 is 5.51. The molecule has 3 nitrogen and oxygen atoms in total. The largest absolute Gasteiger partial charge is 0.360 e.